The summed E-state index contributed by atoms with van der Waals surface area (Å²) in [4.78, 5) is 0. The fraction of sp³-hybridized carbons (Fsp3) is 0.231. The zero-order valence-electron chi connectivity index (χ0n) is 8.98. The molecule has 1 aromatic heterocycles. The summed E-state index contributed by atoms with van der Waals surface area (Å²) >= 11 is 7.81. The minimum absolute atomic E-state index is 0.526. The van der Waals surface area contributed by atoms with E-state index in [2.05, 4.69) is 0 Å². The molecule has 0 aliphatic heterocycles. The fourth-order valence-electron chi connectivity index (χ4n) is 1.67. The molecule has 0 aliphatic carbocycles. The molecule has 0 amide bonds. The summed E-state index contributed by atoms with van der Waals surface area (Å²) < 4.78 is 0. The second kappa shape index (κ2) is 5.00. The average Bonchev–Trinajstić information content (AvgIpc) is 2.74. The van der Waals surface area contributed by atoms with E-state index in [4.69, 9.17) is 11.6 Å². The number of halogens is 1. The van der Waals surface area contributed by atoms with Gasteiger partial charge in [-0.2, -0.15) is 11.3 Å². The zero-order valence-corrected chi connectivity index (χ0v) is 10.6. The molecule has 1 nitrogen and oxygen atoms in total. The van der Waals surface area contributed by atoms with Crippen LogP contribution in [0.15, 0.2) is 35.0 Å². The van der Waals surface area contributed by atoms with Gasteiger partial charge in [-0.15, -0.1) is 0 Å². The van der Waals surface area contributed by atoms with E-state index >= 15 is 0 Å². The third kappa shape index (κ3) is 2.46. The summed E-state index contributed by atoms with van der Waals surface area (Å²) in [6.07, 6.45) is 0.0918. The third-order valence-electron chi connectivity index (χ3n) is 2.59. The van der Waals surface area contributed by atoms with Crippen molar-refractivity contribution in [3.05, 3.63) is 56.7 Å². The molecule has 1 unspecified atom stereocenters. The highest BCUT2D eigenvalue weighted by Crippen LogP contribution is 2.28. The molecule has 84 valence electrons. The Morgan fingerprint density at radius 3 is 2.88 bits per heavy atom. The van der Waals surface area contributed by atoms with E-state index in [1.807, 2.05) is 41.9 Å². The molecule has 0 radical (unpaired) electrons. The minimum Gasteiger partial charge on any atom is -0.388 e. The number of aliphatic hydroxyl groups is 1. The maximum absolute atomic E-state index is 10.1. The lowest BCUT2D eigenvalue weighted by atomic mass is 10.0. The first-order valence-electron chi connectivity index (χ1n) is 5.12. The third-order valence-corrected chi connectivity index (χ3v) is 3.84. The average molecular weight is 253 g/mol. The van der Waals surface area contributed by atoms with Gasteiger partial charge < -0.3 is 5.11 Å². The summed E-state index contributed by atoms with van der Waals surface area (Å²) in [5.74, 6) is 0. The number of thiophene rings is 1. The summed E-state index contributed by atoms with van der Waals surface area (Å²) in [5, 5.41) is 14.9. The molecule has 0 bridgehead atoms. The highest BCUT2D eigenvalue weighted by molar-refractivity contribution is 7.07. The summed E-state index contributed by atoms with van der Waals surface area (Å²) in [7, 11) is 0. The molecule has 0 saturated heterocycles. The Bertz CT molecular complexity index is 465. The SMILES string of the molecule is Cc1cccc(C(O)Cc2ccsc2)c1Cl. The Hall–Kier alpha value is -0.830. The highest BCUT2D eigenvalue weighted by Gasteiger charge is 2.13. The van der Waals surface area contributed by atoms with Crippen LogP contribution in [0.2, 0.25) is 5.02 Å². The normalized spacial score (nSPS) is 12.7. The van der Waals surface area contributed by atoms with Crippen molar-refractivity contribution in [1.29, 1.82) is 0 Å². The molecule has 1 heterocycles. The molecule has 1 N–H and O–H groups in total. The number of aliphatic hydroxyl groups excluding tert-OH is 1. The largest absolute Gasteiger partial charge is 0.388 e. The van der Waals surface area contributed by atoms with Crippen molar-refractivity contribution in [3.63, 3.8) is 0 Å². The second-order valence-corrected chi connectivity index (χ2v) is 4.99. The maximum Gasteiger partial charge on any atom is 0.0845 e. The van der Waals surface area contributed by atoms with E-state index in [0.717, 1.165) is 16.7 Å². The summed E-state index contributed by atoms with van der Waals surface area (Å²) in [5.41, 5.74) is 2.96. The van der Waals surface area contributed by atoms with E-state index in [-0.39, 0.29) is 0 Å². The molecule has 0 saturated carbocycles. The van der Waals surface area contributed by atoms with Crippen LogP contribution in [0, 0.1) is 6.92 Å². The minimum atomic E-state index is -0.526. The molecule has 1 atom stereocenters. The number of rotatable bonds is 3. The van der Waals surface area contributed by atoms with Crippen LogP contribution in [0.25, 0.3) is 0 Å². The van der Waals surface area contributed by atoms with Gasteiger partial charge in [-0.05, 0) is 40.4 Å². The molecule has 2 aromatic rings. The summed E-state index contributed by atoms with van der Waals surface area (Å²) in [6, 6.07) is 7.78. The number of hydrogen-bond acceptors (Lipinski definition) is 2. The first-order chi connectivity index (χ1) is 7.68. The van der Waals surface area contributed by atoms with Gasteiger partial charge in [0, 0.05) is 11.4 Å². The second-order valence-electron chi connectivity index (χ2n) is 3.83. The predicted molar refractivity (Wildman–Crippen MR) is 69.2 cm³/mol. The standard InChI is InChI=1S/C13H13ClOS/c1-9-3-2-4-11(13(9)14)12(15)7-10-5-6-16-8-10/h2-6,8,12,15H,7H2,1H3. The van der Waals surface area contributed by atoms with Gasteiger partial charge in [0.05, 0.1) is 6.10 Å². The van der Waals surface area contributed by atoms with Gasteiger partial charge in [0.15, 0.2) is 0 Å². The van der Waals surface area contributed by atoms with Crippen LogP contribution in [-0.2, 0) is 6.42 Å². The van der Waals surface area contributed by atoms with Crippen LogP contribution < -0.4 is 0 Å². The van der Waals surface area contributed by atoms with Gasteiger partial charge in [-0.1, -0.05) is 29.8 Å². The lowest BCUT2D eigenvalue weighted by Gasteiger charge is -2.13. The van der Waals surface area contributed by atoms with Crippen molar-refractivity contribution >= 4 is 22.9 Å². The van der Waals surface area contributed by atoms with E-state index in [1.165, 1.54) is 0 Å². The Kier molecular flexibility index (Phi) is 3.64. The van der Waals surface area contributed by atoms with E-state index in [9.17, 15) is 5.11 Å². The maximum atomic E-state index is 10.1. The molecule has 1 aromatic carbocycles. The van der Waals surface area contributed by atoms with Crippen molar-refractivity contribution in [2.24, 2.45) is 0 Å². The van der Waals surface area contributed by atoms with Crippen LogP contribution in [0.3, 0.4) is 0 Å². The zero-order chi connectivity index (χ0) is 11.5. The highest BCUT2D eigenvalue weighted by atomic mass is 35.5. The molecule has 16 heavy (non-hydrogen) atoms. The molecule has 0 spiro atoms. The quantitative estimate of drug-likeness (QED) is 0.876. The fourth-order valence-corrected chi connectivity index (χ4v) is 2.60. The first-order valence-corrected chi connectivity index (χ1v) is 6.44. The van der Waals surface area contributed by atoms with Gasteiger partial charge in [-0.25, -0.2) is 0 Å². The molecule has 2 rings (SSSR count). The molecule has 0 aliphatic rings. The molecule has 3 heteroatoms. The Morgan fingerprint density at radius 1 is 1.38 bits per heavy atom. The van der Waals surface area contributed by atoms with Crippen LogP contribution in [0.4, 0.5) is 0 Å². The van der Waals surface area contributed by atoms with Crippen molar-refractivity contribution < 1.29 is 5.11 Å². The smallest absolute Gasteiger partial charge is 0.0845 e. The first kappa shape index (κ1) is 11.6. The van der Waals surface area contributed by atoms with Crippen molar-refractivity contribution in [3.8, 4) is 0 Å². The Morgan fingerprint density at radius 2 is 2.19 bits per heavy atom. The topological polar surface area (TPSA) is 20.2 Å². The number of aryl methyl sites for hydroxylation is 1. The van der Waals surface area contributed by atoms with E-state index in [0.29, 0.717) is 11.4 Å². The van der Waals surface area contributed by atoms with E-state index < -0.39 is 6.10 Å². The lowest BCUT2D eigenvalue weighted by Crippen LogP contribution is -2.02. The molecular formula is C13H13ClOS. The van der Waals surface area contributed by atoms with Gasteiger partial charge in [0.1, 0.15) is 0 Å². The molecule has 0 fully saturated rings. The number of hydrogen-bond donors (Lipinski definition) is 1. The van der Waals surface area contributed by atoms with Gasteiger partial charge in [0.2, 0.25) is 0 Å². The van der Waals surface area contributed by atoms with Crippen LogP contribution >= 0.6 is 22.9 Å². The lowest BCUT2D eigenvalue weighted by molar-refractivity contribution is 0.178. The van der Waals surface area contributed by atoms with Crippen molar-refractivity contribution in [2.75, 3.05) is 0 Å². The Labute approximate surface area is 104 Å². The van der Waals surface area contributed by atoms with Crippen LogP contribution in [-0.4, -0.2) is 5.11 Å². The van der Waals surface area contributed by atoms with Gasteiger partial charge >= 0.3 is 0 Å². The summed E-state index contributed by atoms with van der Waals surface area (Å²) in [6.45, 7) is 1.95. The van der Waals surface area contributed by atoms with Crippen molar-refractivity contribution in [1.82, 2.24) is 0 Å². The van der Waals surface area contributed by atoms with Gasteiger partial charge in [0.25, 0.3) is 0 Å². The van der Waals surface area contributed by atoms with Gasteiger partial charge in [-0.3, -0.25) is 0 Å². The van der Waals surface area contributed by atoms with E-state index in [1.54, 1.807) is 11.3 Å². The molecular weight excluding hydrogens is 240 g/mol. The number of benzene rings is 1. The monoisotopic (exact) mass is 252 g/mol. The van der Waals surface area contributed by atoms with Crippen LogP contribution in [0.1, 0.15) is 22.8 Å². The van der Waals surface area contributed by atoms with Crippen molar-refractivity contribution in [2.45, 2.75) is 19.4 Å². The van der Waals surface area contributed by atoms with Crippen LogP contribution in [0.5, 0.6) is 0 Å². The predicted octanol–water partition coefficient (Wildman–Crippen LogP) is 3.99. The Balaban J connectivity index is 2.21.